The second-order valence-electron chi connectivity index (χ2n) is 3.95. The Labute approximate surface area is 104 Å². The van der Waals surface area contributed by atoms with Crippen LogP contribution in [-0.4, -0.2) is 28.4 Å². The summed E-state index contributed by atoms with van der Waals surface area (Å²) >= 11 is 5.86. The molecule has 0 spiro atoms. The molecule has 1 heterocycles. The Hall–Kier alpha value is -0.600. The topological polar surface area (TPSA) is 16.1 Å². The second-order valence-corrected chi connectivity index (χ2v) is 4.33. The molecule has 90 valence electrons. The molecule has 0 fully saturated rings. The molecule has 0 aliphatic heterocycles. The van der Waals surface area contributed by atoms with Gasteiger partial charge in [0, 0.05) is 31.2 Å². The Morgan fingerprint density at radius 1 is 1.31 bits per heavy atom. The van der Waals surface area contributed by atoms with Gasteiger partial charge in [0.1, 0.15) is 0 Å². The third-order valence-corrected chi connectivity index (χ3v) is 3.09. The molecule has 2 nitrogen and oxygen atoms in total. The van der Waals surface area contributed by atoms with Crippen molar-refractivity contribution in [3.63, 3.8) is 0 Å². The summed E-state index contributed by atoms with van der Waals surface area (Å²) in [5, 5.41) is 0. The largest absolute Gasteiger partial charge is 0.293 e. The lowest BCUT2D eigenvalue weighted by atomic mass is 10.1. The smallest absolute Gasteiger partial charge is 0.0544 e. The van der Waals surface area contributed by atoms with Gasteiger partial charge in [0.25, 0.3) is 0 Å². The van der Waals surface area contributed by atoms with Gasteiger partial charge in [0.05, 0.1) is 5.69 Å². The van der Waals surface area contributed by atoms with Crippen molar-refractivity contribution in [1.29, 1.82) is 0 Å². The molecule has 0 aliphatic carbocycles. The van der Waals surface area contributed by atoms with E-state index in [0.29, 0.717) is 11.9 Å². The monoisotopic (exact) mass is 240 g/mol. The molecule has 1 rings (SSSR count). The van der Waals surface area contributed by atoms with Gasteiger partial charge in [-0.15, -0.1) is 11.6 Å². The molecular weight excluding hydrogens is 220 g/mol. The Balaban J connectivity index is 2.63. The van der Waals surface area contributed by atoms with E-state index in [9.17, 15) is 0 Å². The van der Waals surface area contributed by atoms with Crippen molar-refractivity contribution in [1.82, 2.24) is 9.88 Å². The minimum atomic E-state index is 0.612. The van der Waals surface area contributed by atoms with Gasteiger partial charge in [-0.2, -0.15) is 0 Å². The van der Waals surface area contributed by atoms with Crippen LogP contribution in [0.25, 0.3) is 0 Å². The molecule has 0 radical (unpaired) electrons. The lowest BCUT2D eigenvalue weighted by Crippen LogP contribution is -2.35. The van der Waals surface area contributed by atoms with Gasteiger partial charge in [-0.1, -0.05) is 19.9 Å². The van der Waals surface area contributed by atoms with Crippen LogP contribution in [0.3, 0.4) is 0 Å². The first-order valence-corrected chi connectivity index (χ1v) is 6.55. The number of rotatable bonds is 7. The fraction of sp³-hybridized carbons (Fsp3) is 0.615. The molecule has 16 heavy (non-hydrogen) atoms. The van der Waals surface area contributed by atoms with E-state index in [2.05, 4.69) is 29.8 Å². The van der Waals surface area contributed by atoms with Gasteiger partial charge >= 0.3 is 0 Å². The zero-order valence-electron chi connectivity index (χ0n) is 10.2. The minimum absolute atomic E-state index is 0.612. The molecule has 0 saturated heterocycles. The van der Waals surface area contributed by atoms with Crippen LogP contribution in [0.5, 0.6) is 0 Å². The van der Waals surface area contributed by atoms with E-state index >= 15 is 0 Å². The summed E-state index contributed by atoms with van der Waals surface area (Å²) in [6.45, 7) is 6.30. The van der Waals surface area contributed by atoms with E-state index < -0.39 is 0 Å². The van der Waals surface area contributed by atoms with Crippen molar-refractivity contribution in [2.75, 3.05) is 12.4 Å². The highest BCUT2D eigenvalue weighted by Crippen LogP contribution is 2.12. The van der Waals surface area contributed by atoms with E-state index in [1.165, 1.54) is 12.8 Å². The third-order valence-electron chi connectivity index (χ3n) is 2.92. The number of halogens is 1. The summed E-state index contributed by atoms with van der Waals surface area (Å²) in [5.41, 5.74) is 1.12. The fourth-order valence-electron chi connectivity index (χ4n) is 2.00. The Morgan fingerprint density at radius 2 is 2.06 bits per heavy atom. The number of alkyl halides is 1. The molecule has 1 aromatic heterocycles. The van der Waals surface area contributed by atoms with E-state index in [4.69, 9.17) is 11.6 Å². The van der Waals surface area contributed by atoms with Gasteiger partial charge in [-0.05, 0) is 25.0 Å². The molecule has 1 aromatic rings. The number of aromatic nitrogens is 1. The first-order valence-electron chi connectivity index (χ1n) is 6.01. The van der Waals surface area contributed by atoms with Crippen molar-refractivity contribution in [3.05, 3.63) is 30.1 Å². The number of nitrogens with zero attached hydrogens (tertiary/aromatic N) is 2. The molecule has 0 atom stereocenters. The van der Waals surface area contributed by atoms with Crippen molar-refractivity contribution in [2.24, 2.45) is 0 Å². The second kappa shape index (κ2) is 7.64. The van der Waals surface area contributed by atoms with E-state index in [-0.39, 0.29) is 0 Å². The van der Waals surface area contributed by atoms with Gasteiger partial charge in [0.15, 0.2) is 0 Å². The average molecular weight is 241 g/mol. The lowest BCUT2D eigenvalue weighted by Gasteiger charge is -2.29. The quantitative estimate of drug-likeness (QED) is 0.680. The number of hydrogen-bond donors (Lipinski definition) is 0. The molecule has 3 heteroatoms. The Morgan fingerprint density at radius 3 is 2.56 bits per heavy atom. The fourth-order valence-corrected chi connectivity index (χ4v) is 2.22. The van der Waals surface area contributed by atoms with E-state index in [1.807, 2.05) is 18.3 Å². The van der Waals surface area contributed by atoms with Crippen LogP contribution in [0.15, 0.2) is 24.4 Å². The first-order chi connectivity index (χ1) is 7.81. The third kappa shape index (κ3) is 4.11. The summed E-state index contributed by atoms with van der Waals surface area (Å²) < 4.78 is 0. The summed E-state index contributed by atoms with van der Waals surface area (Å²) in [4.78, 5) is 6.79. The van der Waals surface area contributed by atoms with Crippen LogP contribution in [0, 0.1) is 0 Å². The predicted octanol–water partition coefficient (Wildman–Crippen LogP) is 3.31. The van der Waals surface area contributed by atoms with E-state index in [1.54, 1.807) is 0 Å². The maximum Gasteiger partial charge on any atom is 0.0544 e. The average Bonchev–Trinajstić information content (AvgIpc) is 2.32. The van der Waals surface area contributed by atoms with Crippen molar-refractivity contribution >= 4 is 11.6 Å². The zero-order chi connectivity index (χ0) is 11.8. The lowest BCUT2D eigenvalue weighted by molar-refractivity contribution is 0.186. The predicted molar refractivity (Wildman–Crippen MR) is 69.7 cm³/mol. The molecule has 0 aromatic carbocycles. The van der Waals surface area contributed by atoms with Crippen LogP contribution < -0.4 is 0 Å². The summed E-state index contributed by atoms with van der Waals surface area (Å²) in [6.07, 6.45) is 4.18. The van der Waals surface area contributed by atoms with Crippen LogP contribution in [0.4, 0.5) is 0 Å². The standard InChI is InChI=1S/C13H21ClN2/c1-3-13(4-2)16(10-8-14)11-12-7-5-6-9-15-12/h5-7,9,13H,3-4,8,10-11H2,1-2H3. The van der Waals surface area contributed by atoms with Crippen LogP contribution in [0.1, 0.15) is 32.4 Å². The molecule has 0 saturated carbocycles. The molecule has 0 unspecified atom stereocenters. The Bertz CT molecular complexity index is 273. The number of pyridine rings is 1. The van der Waals surface area contributed by atoms with Crippen molar-refractivity contribution in [3.8, 4) is 0 Å². The summed E-state index contributed by atoms with van der Waals surface area (Å²) in [7, 11) is 0. The van der Waals surface area contributed by atoms with Gasteiger partial charge in [-0.25, -0.2) is 0 Å². The number of hydrogen-bond acceptors (Lipinski definition) is 2. The first kappa shape index (κ1) is 13.5. The highest BCUT2D eigenvalue weighted by Gasteiger charge is 2.14. The van der Waals surface area contributed by atoms with Crippen LogP contribution >= 0.6 is 11.6 Å². The molecular formula is C13H21ClN2. The molecule has 0 bridgehead atoms. The van der Waals surface area contributed by atoms with Gasteiger partial charge < -0.3 is 0 Å². The molecule has 0 aliphatic rings. The molecule has 0 amide bonds. The maximum absolute atomic E-state index is 5.86. The summed E-state index contributed by atoms with van der Waals surface area (Å²) in [6, 6.07) is 6.67. The highest BCUT2D eigenvalue weighted by atomic mass is 35.5. The van der Waals surface area contributed by atoms with Crippen LogP contribution in [-0.2, 0) is 6.54 Å². The van der Waals surface area contributed by atoms with Crippen LogP contribution in [0.2, 0.25) is 0 Å². The Kier molecular flexibility index (Phi) is 6.43. The van der Waals surface area contributed by atoms with Crippen molar-refractivity contribution < 1.29 is 0 Å². The molecule has 0 N–H and O–H groups in total. The summed E-state index contributed by atoms with van der Waals surface area (Å²) in [5.74, 6) is 0.684. The van der Waals surface area contributed by atoms with Gasteiger partial charge in [0.2, 0.25) is 0 Å². The van der Waals surface area contributed by atoms with Gasteiger partial charge in [-0.3, -0.25) is 9.88 Å². The minimum Gasteiger partial charge on any atom is -0.293 e. The highest BCUT2D eigenvalue weighted by molar-refractivity contribution is 6.18. The maximum atomic E-state index is 5.86. The SMILES string of the molecule is CCC(CC)N(CCCl)Cc1ccccn1. The normalized spacial score (nSPS) is 11.3. The van der Waals surface area contributed by atoms with Crippen molar-refractivity contribution in [2.45, 2.75) is 39.3 Å². The zero-order valence-corrected chi connectivity index (χ0v) is 11.0. The van der Waals surface area contributed by atoms with E-state index in [0.717, 1.165) is 18.8 Å².